The van der Waals surface area contributed by atoms with Gasteiger partial charge < -0.3 is 4.42 Å². The highest BCUT2D eigenvalue weighted by atomic mass is 32.2. The van der Waals surface area contributed by atoms with E-state index >= 15 is 0 Å². The molecule has 0 spiro atoms. The van der Waals surface area contributed by atoms with E-state index in [2.05, 4.69) is 133 Å². The van der Waals surface area contributed by atoms with Gasteiger partial charge in [0.1, 0.15) is 11.2 Å². The van der Waals surface area contributed by atoms with E-state index in [1.54, 1.807) is 0 Å². The van der Waals surface area contributed by atoms with Crippen molar-refractivity contribution < 1.29 is 4.42 Å². The van der Waals surface area contributed by atoms with Crippen molar-refractivity contribution in [3.05, 3.63) is 146 Å². The largest absolute Gasteiger partial charge is 0.455 e. The van der Waals surface area contributed by atoms with Crippen LogP contribution in [0.2, 0.25) is 0 Å². The van der Waals surface area contributed by atoms with Gasteiger partial charge in [-0.3, -0.25) is 0 Å². The molecule has 0 bridgehead atoms. The van der Waals surface area contributed by atoms with Gasteiger partial charge in [0.15, 0.2) is 0 Å². The van der Waals surface area contributed by atoms with Crippen LogP contribution in [0.15, 0.2) is 160 Å². The first-order valence-corrected chi connectivity index (χ1v) is 15.1. The molecule has 0 atom stereocenters. The van der Waals surface area contributed by atoms with Crippen LogP contribution in [-0.2, 0) is 0 Å². The second kappa shape index (κ2) is 9.24. The van der Waals surface area contributed by atoms with Gasteiger partial charge in [-0.2, -0.15) is 0 Å². The van der Waals surface area contributed by atoms with Gasteiger partial charge in [-0.25, -0.2) is 0 Å². The third-order valence-corrected chi connectivity index (χ3v) is 9.67. The Bertz CT molecular complexity index is 2310. The molecule has 9 rings (SSSR count). The summed E-state index contributed by atoms with van der Waals surface area (Å²) < 4.78 is 6.28. The molecular formula is C40H24OS. The molecule has 1 aliphatic heterocycles. The van der Waals surface area contributed by atoms with Gasteiger partial charge in [-0.05, 0) is 62.5 Å². The lowest BCUT2D eigenvalue weighted by molar-refractivity contribution is 0.670. The zero-order valence-corrected chi connectivity index (χ0v) is 23.5. The normalized spacial score (nSPS) is 12.2. The second-order valence-electron chi connectivity index (χ2n) is 10.9. The maximum absolute atomic E-state index is 6.28. The summed E-state index contributed by atoms with van der Waals surface area (Å²) in [5.74, 6) is 0. The molecule has 7 aromatic carbocycles. The molecular weight excluding hydrogens is 529 g/mol. The van der Waals surface area contributed by atoms with Gasteiger partial charge in [0.25, 0.3) is 0 Å². The molecule has 0 amide bonds. The number of benzene rings is 7. The first-order valence-electron chi connectivity index (χ1n) is 14.3. The summed E-state index contributed by atoms with van der Waals surface area (Å²) in [6, 6.07) is 52.5. The van der Waals surface area contributed by atoms with E-state index in [-0.39, 0.29) is 0 Å². The Balaban J connectivity index is 1.07. The predicted molar refractivity (Wildman–Crippen MR) is 177 cm³/mol. The molecule has 8 aromatic rings. The summed E-state index contributed by atoms with van der Waals surface area (Å²) >= 11 is 1.87. The van der Waals surface area contributed by atoms with Crippen LogP contribution < -0.4 is 0 Å². The minimum Gasteiger partial charge on any atom is -0.455 e. The van der Waals surface area contributed by atoms with Crippen LogP contribution in [0.4, 0.5) is 0 Å². The molecule has 1 nitrogen and oxygen atoms in total. The van der Waals surface area contributed by atoms with Gasteiger partial charge in [-0.15, -0.1) is 0 Å². The molecule has 0 saturated heterocycles. The number of hydrogen-bond acceptors (Lipinski definition) is 2. The Hall–Kier alpha value is -5.05. The topological polar surface area (TPSA) is 13.1 Å². The highest BCUT2D eigenvalue weighted by molar-refractivity contribution is 7.99. The van der Waals surface area contributed by atoms with E-state index in [0.717, 1.165) is 33.1 Å². The van der Waals surface area contributed by atoms with Crippen LogP contribution in [0, 0.1) is 0 Å². The van der Waals surface area contributed by atoms with Crippen molar-refractivity contribution in [2.24, 2.45) is 0 Å². The minimum absolute atomic E-state index is 0.927. The number of hydrogen-bond donors (Lipinski definition) is 0. The molecule has 0 saturated carbocycles. The van der Waals surface area contributed by atoms with Crippen molar-refractivity contribution >= 4 is 44.5 Å². The monoisotopic (exact) mass is 552 g/mol. The summed E-state index contributed by atoms with van der Waals surface area (Å²) in [7, 11) is 0. The van der Waals surface area contributed by atoms with Crippen LogP contribution in [-0.4, -0.2) is 0 Å². The molecule has 0 aliphatic carbocycles. The van der Waals surface area contributed by atoms with E-state index < -0.39 is 0 Å². The van der Waals surface area contributed by atoms with Crippen LogP contribution in [0.3, 0.4) is 0 Å². The second-order valence-corrected chi connectivity index (χ2v) is 12.0. The van der Waals surface area contributed by atoms with Gasteiger partial charge in [0.2, 0.25) is 0 Å². The lowest BCUT2D eigenvalue weighted by Crippen LogP contribution is -1.94. The van der Waals surface area contributed by atoms with Crippen LogP contribution in [0.1, 0.15) is 0 Å². The number of para-hydroxylation sites is 2. The Labute approximate surface area is 248 Å². The molecule has 2 heterocycles. The van der Waals surface area contributed by atoms with Crippen molar-refractivity contribution in [1.29, 1.82) is 0 Å². The zero-order valence-electron chi connectivity index (χ0n) is 22.7. The van der Waals surface area contributed by atoms with E-state index in [1.807, 2.05) is 23.9 Å². The summed E-state index contributed by atoms with van der Waals surface area (Å²) in [6.45, 7) is 0. The van der Waals surface area contributed by atoms with Crippen LogP contribution in [0.25, 0.3) is 77.2 Å². The van der Waals surface area contributed by atoms with Crippen LogP contribution in [0.5, 0.6) is 0 Å². The van der Waals surface area contributed by atoms with Gasteiger partial charge >= 0.3 is 0 Å². The zero-order chi connectivity index (χ0) is 27.6. The van der Waals surface area contributed by atoms with Crippen molar-refractivity contribution in [2.45, 2.75) is 9.79 Å². The molecule has 42 heavy (non-hydrogen) atoms. The van der Waals surface area contributed by atoms with E-state index in [4.69, 9.17) is 4.42 Å². The maximum Gasteiger partial charge on any atom is 0.143 e. The summed E-state index contributed by atoms with van der Waals surface area (Å²) in [4.78, 5) is 2.66. The quantitative estimate of drug-likeness (QED) is 0.216. The van der Waals surface area contributed by atoms with Gasteiger partial charge in [0, 0.05) is 31.5 Å². The van der Waals surface area contributed by atoms with Gasteiger partial charge in [0.05, 0.1) is 0 Å². The smallest absolute Gasteiger partial charge is 0.143 e. The fraction of sp³-hybridized carbons (Fsp3) is 0. The van der Waals surface area contributed by atoms with Crippen LogP contribution >= 0.6 is 11.8 Å². The maximum atomic E-state index is 6.28. The fourth-order valence-electron chi connectivity index (χ4n) is 6.49. The molecule has 0 fully saturated rings. The highest BCUT2D eigenvalue weighted by Crippen LogP contribution is 2.49. The first kappa shape index (κ1) is 23.6. The van der Waals surface area contributed by atoms with Gasteiger partial charge in [-0.1, -0.05) is 139 Å². The Morgan fingerprint density at radius 1 is 0.357 bits per heavy atom. The Morgan fingerprint density at radius 3 is 1.76 bits per heavy atom. The summed E-state index contributed by atoms with van der Waals surface area (Å²) in [5, 5.41) is 4.98. The molecule has 0 radical (unpaired) electrons. The van der Waals surface area contributed by atoms with E-state index in [9.17, 15) is 0 Å². The van der Waals surface area contributed by atoms with Crippen molar-refractivity contribution in [3.8, 4) is 44.5 Å². The summed E-state index contributed by atoms with van der Waals surface area (Å²) in [5.41, 5.74) is 11.7. The van der Waals surface area contributed by atoms with Crippen molar-refractivity contribution in [3.63, 3.8) is 0 Å². The van der Waals surface area contributed by atoms with E-state index in [1.165, 1.54) is 53.9 Å². The standard InChI is InChI=1S/C40H24OS/c1-3-13-36-31(7-1)35-12-5-9-30(40(35)41-36)28-21-17-26(18-22-28)25-15-19-27(20-16-25)29-23-24-38-39-33(29)10-6-11-34(39)32-8-2-4-14-37(32)42-38/h1-24H. The summed E-state index contributed by atoms with van der Waals surface area (Å²) in [6.07, 6.45) is 0. The van der Waals surface area contributed by atoms with Crippen molar-refractivity contribution in [1.82, 2.24) is 0 Å². The minimum atomic E-state index is 0.927. The third kappa shape index (κ3) is 3.59. The predicted octanol–water partition coefficient (Wildman–Crippen LogP) is 11.9. The molecule has 0 unspecified atom stereocenters. The Kier molecular flexibility index (Phi) is 5.20. The lowest BCUT2D eigenvalue weighted by Gasteiger charge is -2.21. The lowest BCUT2D eigenvalue weighted by atomic mass is 9.91. The Morgan fingerprint density at radius 2 is 0.952 bits per heavy atom. The fourth-order valence-corrected chi connectivity index (χ4v) is 7.62. The first-order chi connectivity index (χ1) is 20.8. The third-order valence-electron chi connectivity index (χ3n) is 8.53. The van der Waals surface area contributed by atoms with E-state index in [0.29, 0.717) is 0 Å². The molecule has 1 aromatic heterocycles. The molecule has 2 heteroatoms. The number of furan rings is 1. The average Bonchev–Trinajstić information content (AvgIpc) is 3.44. The number of rotatable bonds is 3. The molecule has 196 valence electrons. The average molecular weight is 553 g/mol. The highest BCUT2D eigenvalue weighted by Gasteiger charge is 2.20. The number of fused-ring (bicyclic) bond motifs is 5. The SMILES string of the molecule is c1ccc2c(c1)Sc1ccc(-c3ccc(-c4ccc(-c5cccc6c5oc5ccccc56)cc4)cc3)c3cccc-2c13. The molecule has 1 aliphatic rings. The van der Waals surface area contributed by atoms with Crippen molar-refractivity contribution in [2.75, 3.05) is 0 Å². The molecule has 0 N–H and O–H groups in total.